The molecule has 1 N–H and O–H groups in total. The second-order valence-electron chi connectivity index (χ2n) is 4.46. The molecule has 0 spiro atoms. The molecular weight excluding hydrogens is 221 g/mol. The van der Waals surface area contributed by atoms with Crippen LogP contribution in [0.25, 0.3) is 10.9 Å². The van der Waals surface area contributed by atoms with E-state index in [4.69, 9.17) is 0 Å². The molecule has 0 fully saturated rings. The van der Waals surface area contributed by atoms with Gasteiger partial charge in [-0.1, -0.05) is 0 Å². The van der Waals surface area contributed by atoms with Crippen molar-refractivity contribution in [2.45, 2.75) is 25.3 Å². The standard InChI is InChI=1S/C13H12FNO2/c14-9-5-4-8-6-10-2-1-3-11(13(16)17)15(10)12(8)7-9/h4-7,11H,1-3H2,(H,16,17). The zero-order chi connectivity index (χ0) is 12.0. The number of carboxylic acids is 1. The minimum absolute atomic E-state index is 0.326. The van der Waals surface area contributed by atoms with E-state index in [1.54, 1.807) is 10.6 Å². The number of rotatable bonds is 1. The summed E-state index contributed by atoms with van der Waals surface area (Å²) in [4.78, 5) is 11.2. The summed E-state index contributed by atoms with van der Waals surface area (Å²) in [5.41, 5.74) is 1.68. The molecule has 0 saturated heterocycles. The molecule has 0 bridgehead atoms. The van der Waals surface area contributed by atoms with E-state index in [-0.39, 0.29) is 5.82 Å². The molecule has 2 aromatic rings. The SMILES string of the molecule is O=C(O)C1CCCc2cc3ccc(F)cc3n21. The first-order chi connectivity index (χ1) is 8.16. The number of nitrogens with zero attached hydrogens (tertiary/aromatic N) is 1. The van der Waals surface area contributed by atoms with Crippen LogP contribution in [-0.4, -0.2) is 15.6 Å². The van der Waals surface area contributed by atoms with E-state index in [9.17, 15) is 14.3 Å². The molecular formula is C13H12FNO2. The number of carbonyl (C=O) groups is 1. The number of halogens is 1. The van der Waals surface area contributed by atoms with E-state index < -0.39 is 12.0 Å². The van der Waals surface area contributed by atoms with Gasteiger partial charge >= 0.3 is 5.97 Å². The summed E-state index contributed by atoms with van der Waals surface area (Å²) >= 11 is 0. The molecule has 88 valence electrons. The molecule has 1 aliphatic rings. The summed E-state index contributed by atoms with van der Waals surface area (Å²) in [6.45, 7) is 0. The van der Waals surface area contributed by atoms with Gasteiger partial charge in [-0.15, -0.1) is 0 Å². The predicted octanol–water partition coefficient (Wildman–Crippen LogP) is 2.74. The van der Waals surface area contributed by atoms with Crippen LogP contribution in [0.15, 0.2) is 24.3 Å². The van der Waals surface area contributed by atoms with E-state index >= 15 is 0 Å². The number of fused-ring (bicyclic) bond motifs is 3. The van der Waals surface area contributed by atoms with Gasteiger partial charge in [0.15, 0.2) is 0 Å². The number of hydrogen-bond donors (Lipinski definition) is 1. The lowest BCUT2D eigenvalue weighted by molar-refractivity contribution is -0.141. The monoisotopic (exact) mass is 233 g/mol. The predicted molar refractivity (Wildman–Crippen MR) is 61.5 cm³/mol. The summed E-state index contributed by atoms with van der Waals surface area (Å²) in [6.07, 6.45) is 2.35. The van der Waals surface area contributed by atoms with Crippen LogP contribution in [-0.2, 0) is 11.2 Å². The largest absolute Gasteiger partial charge is 0.480 e. The van der Waals surface area contributed by atoms with Crippen LogP contribution in [0, 0.1) is 5.82 Å². The Morgan fingerprint density at radius 1 is 1.41 bits per heavy atom. The van der Waals surface area contributed by atoms with Crippen LogP contribution in [0.5, 0.6) is 0 Å². The zero-order valence-electron chi connectivity index (χ0n) is 9.19. The van der Waals surface area contributed by atoms with Crippen LogP contribution in [0.2, 0.25) is 0 Å². The number of aliphatic carboxylic acids is 1. The molecule has 0 radical (unpaired) electrons. The number of benzene rings is 1. The quantitative estimate of drug-likeness (QED) is 0.822. The van der Waals surface area contributed by atoms with Crippen LogP contribution < -0.4 is 0 Å². The van der Waals surface area contributed by atoms with Gasteiger partial charge in [0.1, 0.15) is 11.9 Å². The molecule has 3 nitrogen and oxygen atoms in total. The third kappa shape index (κ3) is 1.52. The first kappa shape index (κ1) is 10.3. The maximum Gasteiger partial charge on any atom is 0.326 e. The number of hydrogen-bond acceptors (Lipinski definition) is 1. The molecule has 0 saturated carbocycles. The van der Waals surface area contributed by atoms with Gasteiger partial charge in [0.2, 0.25) is 0 Å². The van der Waals surface area contributed by atoms with Gasteiger partial charge in [0.05, 0.1) is 5.52 Å². The van der Waals surface area contributed by atoms with Crippen molar-refractivity contribution in [2.75, 3.05) is 0 Å². The number of aryl methyl sites for hydroxylation is 1. The highest BCUT2D eigenvalue weighted by Crippen LogP contribution is 2.32. The van der Waals surface area contributed by atoms with Crippen LogP contribution in [0.3, 0.4) is 0 Å². The maximum atomic E-state index is 13.3. The van der Waals surface area contributed by atoms with Gasteiger partial charge in [-0.2, -0.15) is 0 Å². The van der Waals surface area contributed by atoms with Crippen molar-refractivity contribution in [3.8, 4) is 0 Å². The molecule has 3 rings (SSSR count). The average Bonchev–Trinajstić information content (AvgIpc) is 2.66. The number of aromatic nitrogens is 1. The molecule has 1 aliphatic heterocycles. The van der Waals surface area contributed by atoms with Gasteiger partial charge in [-0.05, 0) is 43.5 Å². The fourth-order valence-corrected chi connectivity index (χ4v) is 2.65. The van der Waals surface area contributed by atoms with Crippen molar-refractivity contribution in [3.63, 3.8) is 0 Å². The summed E-state index contributed by atoms with van der Waals surface area (Å²) in [6, 6.07) is 5.93. The van der Waals surface area contributed by atoms with Crippen molar-refractivity contribution < 1.29 is 14.3 Å². The Balaban J connectivity index is 2.29. The van der Waals surface area contributed by atoms with Crippen molar-refractivity contribution in [2.24, 2.45) is 0 Å². The third-order valence-electron chi connectivity index (χ3n) is 3.39. The maximum absolute atomic E-state index is 13.3. The van der Waals surface area contributed by atoms with E-state index in [1.165, 1.54) is 12.1 Å². The topological polar surface area (TPSA) is 42.2 Å². The molecule has 1 aromatic carbocycles. The third-order valence-corrected chi connectivity index (χ3v) is 3.39. The fraction of sp³-hybridized carbons (Fsp3) is 0.308. The molecule has 1 unspecified atom stereocenters. The Morgan fingerprint density at radius 2 is 2.24 bits per heavy atom. The minimum atomic E-state index is -0.840. The van der Waals surface area contributed by atoms with Crippen molar-refractivity contribution in [1.82, 2.24) is 4.57 Å². The van der Waals surface area contributed by atoms with E-state index in [0.717, 1.165) is 23.9 Å². The van der Waals surface area contributed by atoms with Gasteiger partial charge < -0.3 is 9.67 Å². The summed E-state index contributed by atoms with van der Waals surface area (Å²) in [5, 5.41) is 10.1. The number of carboxylic acid groups (broad SMARTS) is 1. The summed E-state index contributed by atoms with van der Waals surface area (Å²) in [7, 11) is 0. The lowest BCUT2D eigenvalue weighted by Crippen LogP contribution is -2.24. The van der Waals surface area contributed by atoms with Gasteiger partial charge in [0.25, 0.3) is 0 Å². The molecule has 0 amide bonds. The highest BCUT2D eigenvalue weighted by molar-refractivity contribution is 5.84. The van der Waals surface area contributed by atoms with E-state index in [0.29, 0.717) is 11.9 Å². The van der Waals surface area contributed by atoms with Crippen LogP contribution in [0.4, 0.5) is 4.39 Å². The molecule has 0 aliphatic carbocycles. The Bertz CT molecular complexity index is 603. The highest BCUT2D eigenvalue weighted by Gasteiger charge is 2.27. The lowest BCUT2D eigenvalue weighted by atomic mass is 10.0. The zero-order valence-corrected chi connectivity index (χ0v) is 9.19. The Labute approximate surface area is 97.5 Å². The fourth-order valence-electron chi connectivity index (χ4n) is 2.65. The molecule has 4 heteroatoms. The molecule has 1 aromatic heterocycles. The second-order valence-corrected chi connectivity index (χ2v) is 4.46. The minimum Gasteiger partial charge on any atom is -0.480 e. The van der Waals surface area contributed by atoms with Crippen molar-refractivity contribution in [1.29, 1.82) is 0 Å². The first-order valence-corrected chi connectivity index (χ1v) is 5.69. The van der Waals surface area contributed by atoms with Gasteiger partial charge in [-0.25, -0.2) is 9.18 Å². The van der Waals surface area contributed by atoms with E-state index in [1.807, 2.05) is 6.07 Å². The lowest BCUT2D eigenvalue weighted by Gasteiger charge is -2.23. The van der Waals surface area contributed by atoms with Crippen molar-refractivity contribution in [3.05, 3.63) is 35.8 Å². The van der Waals surface area contributed by atoms with Crippen molar-refractivity contribution >= 4 is 16.9 Å². The van der Waals surface area contributed by atoms with Gasteiger partial charge in [0, 0.05) is 11.1 Å². The smallest absolute Gasteiger partial charge is 0.326 e. The van der Waals surface area contributed by atoms with Crippen LogP contribution in [0.1, 0.15) is 24.6 Å². The van der Waals surface area contributed by atoms with Gasteiger partial charge in [-0.3, -0.25) is 0 Å². The Morgan fingerprint density at radius 3 is 3.00 bits per heavy atom. The Kier molecular flexibility index (Phi) is 2.18. The molecule has 17 heavy (non-hydrogen) atoms. The molecule has 2 heterocycles. The summed E-state index contributed by atoms with van der Waals surface area (Å²) in [5.74, 6) is -1.17. The first-order valence-electron chi connectivity index (χ1n) is 5.69. The molecule has 1 atom stereocenters. The Hall–Kier alpha value is -1.84. The van der Waals surface area contributed by atoms with E-state index in [2.05, 4.69) is 0 Å². The average molecular weight is 233 g/mol. The second kappa shape index (κ2) is 3.58. The normalized spacial score (nSPS) is 19.2. The van der Waals surface area contributed by atoms with Crippen LogP contribution >= 0.6 is 0 Å². The highest BCUT2D eigenvalue weighted by atomic mass is 19.1. The summed E-state index contributed by atoms with van der Waals surface area (Å²) < 4.78 is 15.0.